The van der Waals surface area contributed by atoms with E-state index in [1.807, 2.05) is 11.8 Å². The third kappa shape index (κ3) is 7.00. The molecule has 0 aromatic heterocycles. The van der Waals surface area contributed by atoms with Gasteiger partial charge < -0.3 is 10.6 Å². The maximum absolute atomic E-state index is 7.29. The highest BCUT2D eigenvalue weighted by Gasteiger charge is 2.05. The largest absolute Gasteiger partial charge is 0.382 e. The topological polar surface area (TPSA) is 114 Å². The molecule has 0 atom stereocenters. The summed E-state index contributed by atoms with van der Waals surface area (Å²) in [6.45, 7) is 11.8. The predicted octanol–water partition coefficient (Wildman–Crippen LogP) is 1.44. The SMILES string of the molecule is C=CN=C(C=NC(C)=N)N(CC)CC=NC(=C)C(=N)N. The highest BCUT2D eigenvalue weighted by atomic mass is 15.2. The van der Waals surface area contributed by atoms with E-state index >= 15 is 0 Å². The molecule has 108 valence electrons. The summed E-state index contributed by atoms with van der Waals surface area (Å²) in [5, 5.41) is 14.5. The molecule has 0 saturated heterocycles. The van der Waals surface area contributed by atoms with Crippen molar-refractivity contribution in [2.24, 2.45) is 20.7 Å². The van der Waals surface area contributed by atoms with Crippen LogP contribution in [0.2, 0.25) is 0 Å². The van der Waals surface area contributed by atoms with E-state index in [0.717, 1.165) is 0 Å². The summed E-state index contributed by atoms with van der Waals surface area (Å²) in [4.78, 5) is 13.9. The van der Waals surface area contributed by atoms with Crippen LogP contribution in [0.5, 0.6) is 0 Å². The van der Waals surface area contributed by atoms with Crippen LogP contribution in [-0.2, 0) is 0 Å². The summed E-state index contributed by atoms with van der Waals surface area (Å²) < 4.78 is 0. The van der Waals surface area contributed by atoms with Crippen LogP contribution in [0.25, 0.3) is 0 Å². The summed E-state index contributed by atoms with van der Waals surface area (Å²) in [5.74, 6) is 0.607. The van der Waals surface area contributed by atoms with Gasteiger partial charge in [-0.3, -0.25) is 15.8 Å². The van der Waals surface area contributed by atoms with Crippen molar-refractivity contribution in [1.29, 1.82) is 10.8 Å². The lowest BCUT2D eigenvalue weighted by Crippen LogP contribution is -2.33. The summed E-state index contributed by atoms with van der Waals surface area (Å²) in [6, 6.07) is 0. The number of hydrogen-bond donors (Lipinski definition) is 3. The van der Waals surface area contributed by atoms with Gasteiger partial charge in [-0.05, 0) is 13.8 Å². The standard InChI is InChI=1S/C13H21N7/c1-5-17-12(9-19-11(4)14)20(6-2)8-7-18-10(3)13(15)16/h5,7,9,14H,1,3,6,8H2,2,4H3,(H3,15,16). The fraction of sp³-hybridized carbons (Fsp3) is 0.308. The number of amidine groups is 3. The van der Waals surface area contributed by atoms with Gasteiger partial charge in [0.25, 0.3) is 0 Å². The van der Waals surface area contributed by atoms with Gasteiger partial charge >= 0.3 is 0 Å². The second-order valence-corrected chi connectivity index (χ2v) is 3.72. The van der Waals surface area contributed by atoms with Crippen LogP contribution in [0, 0.1) is 10.8 Å². The normalized spacial score (nSPS) is 11.8. The Morgan fingerprint density at radius 1 is 1.35 bits per heavy atom. The monoisotopic (exact) mass is 275 g/mol. The first-order chi connectivity index (χ1) is 9.42. The Hall–Kier alpha value is -2.57. The molecule has 7 nitrogen and oxygen atoms in total. The Morgan fingerprint density at radius 2 is 2.00 bits per heavy atom. The van der Waals surface area contributed by atoms with Crippen LogP contribution in [0.1, 0.15) is 13.8 Å². The zero-order valence-corrected chi connectivity index (χ0v) is 11.9. The minimum absolute atomic E-state index is 0.162. The third-order valence-corrected chi connectivity index (χ3v) is 2.16. The van der Waals surface area contributed by atoms with Crippen LogP contribution in [0.4, 0.5) is 0 Å². The average Bonchev–Trinajstić information content (AvgIpc) is 2.39. The Kier molecular flexibility index (Phi) is 8.17. The first-order valence-electron chi connectivity index (χ1n) is 6.01. The van der Waals surface area contributed by atoms with Gasteiger partial charge in [0.05, 0.1) is 18.5 Å². The number of nitrogens with zero attached hydrogens (tertiary/aromatic N) is 4. The van der Waals surface area contributed by atoms with E-state index in [-0.39, 0.29) is 17.4 Å². The number of nitrogens with two attached hydrogens (primary N) is 1. The average molecular weight is 275 g/mol. The zero-order valence-electron chi connectivity index (χ0n) is 11.9. The maximum atomic E-state index is 7.29. The van der Waals surface area contributed by atoms with Gasteiger partial charge in [0.2, 0.25) is 0 Å². The van der Waals surface area contributed by atoms with E-state index in [1.165, 1.54) is 12.4 Å². The number of hydrogen-bond acceptors (Lipinski definition) is 4. The number of aliphatic imine (C=N–C) groups is 3. The van der Waals surface area contributed by atoms with Gasteiger partial charge in [0.15, 0.2) is 0 Å². The molecule has 0 aliphatic rings. The van der Waals surface area contributed by atoms with E-state index in [4.69, 9.17) is 16.6 Å². The van der Waals surface area contributed by atoms with Crippen molar-refractivity contribution in [1.82, 2.24) is 4.90 Å². The fourth-order valence-electron chi connectivity index (χ4n) is 1.15. The molecule has 4 N–H and O–H groups in total. The lowest BCUT2D eigenvalue weighted by atomic mass is 10.4. The van der Waals surface area contributed by atoms with Crippen molar-refractivity contribution < 1.29 is 0 Å². The minimum Gasteiger partial charge on any atom is -0.382 e. The Balaban J connectivity index is 4.89. The van der Waals surface area contributed by atoms with E-state index in [1.54, 1.807) is 13.1 Å². The first kappa shape index (κ1) is 17.4. The van der Waals surface area contributed by atoms with Crippen molar-refractivity contribution in [3.8, 4) is 0 Å². The highest BCUT2D eigenvalue weighted by molar-refractivity contribution is 6.31. The predicted molar refractivity (Wildman–Crippen MR) is 86.3 cm³/mol. The quantitative estimate of drug-likeness (QED) is 0.482. The first-order valence-corrected chi connectivity index (χ1v) is 6.01. The molecule has 0 unspecified atom stereocenters. The molecule has 0 aliphatic carbocycles. The second-order valence-electron chi connectivity index (χ2n) is 3.72. The highest BCUT2D eigenvalue weighted by Crippen LogP contribution is 1.94. The Morgan fingerprint density at radius 3 is 2.45 bits per heavy atom. The summed E-state index contributed by atoms with van der Waals surface area (Å²) in [7, 11) is 0. The zero-order chi connectivity index (χ0) is 15.5. The number of nitrogens with one attached hydrogen (secondary N) is 2. The van der Waals surface area contributed by atoms with Crippen molar-refractivity contribution in [2.75, 3.05) is 13.1 Å². The van der Waals surface area contributed by atoms with Crippen molar-refractivity contribution in [2.45, 2.75) is 13.8 Å². The lowest BCUT2D eigenvalue weighted by molar-refractivity contribution is 0.512. The molecule has 0 aromatic rings. The molecule has 0 heterocycles. The summed E-state index contributed by atoms with van der Waals surface area (Å²) in [6.07, 6.45) is 4.51. The lowest BCUT2D eigenvalue weighted by Gasteiger charge is -2.19. The Bertz CT molecular complexity index is 471. The van der Waals surface area contributed by atoms with Crippen molar-refractivity contribution in [3.63, 3.8) is 0 Å². The van der Waals surface area contributed by atoms with Gasteiger partial charge in [0.1, 0.15) is 17.5 Å². The summed E-state index contributed by atoms with van der Waals surface area (Å²) >= 11 is 0. The van der Waals surface area contributed by atoms with Gasteiger partial charge in [-0.15, -0.1) is 0 Å². The summed E-state index contributed by atoms with van der Waals surface area (Å²) in [5.41, 5.74) is 5.46. The minimum atomic E-state index is -0.162. The maximum Gasteiger partial charge on any atom is 0.147 e. The molecule has 0 bridgehead atoms. The van der Waals surface area contributed by atoms with E-state index in [9.17, 15) is 0 Å². The molecule has 0 spiro atoms. The second kappa shape index (κ2) is 9.37. The smallest absolute Gasteiger partial charge is 0.147 e. The number of rotatable bonds is 7. The molecule has 7 heteroatoms. The van der Waals surface area contributed by atoms with Crippen LogP contribution in [0.15, 0.2) is 40.0 Å². The van der Waals surface area contributed by atoms with Gasteiger partial charge in [-0.2, -0.15) is 0 Å². The van der Waals surface area contributed by atoms with Crippen LogP contribution < -0.4 is 5.73 Å². The third-order valence-electron chi connectivity index (χ3n) is 2.16. The van der Waals surface area contributed by atoms with Crippen molar-refractivity contribution in [3.05, 3.63) is 25.1 Å². The van der Waals surface area contributed by atoms with Gasteiger partial charge in [0, 0.05) is 19.0 Å². The molecular formula is C13H21N7. The molecular weight excluding hydrogens is 254 g/mol. The molecule has 0 amide bonds. The molecule has 0 aromatic carbocycles. The van der Waals surface area contributed by atoms with E-state index in [0.29, 0.717) is 18.9 Å². The Labute approximate surface area is 119 Å². The molecule has 0 rings (SSSR count). The van der Waals surface area contributed by atoms with Gasteiger partial charge in [-0.1, -0.05) is 13.2 Å². The molecule has 0 saturated carbocycles. The molecule has 20 heavy (non-hydrogen) atoms. The van der Waals surface area contributed by atoms with E-state index < -0.39 is 0 Å². The van der Waals surface area contributed by atoms with Crippen LogP contribution in [0.3, 0.4) is 0 Å². The molecule has 0 fully saturated rings. The van der Waals surface area contributed by atoms with Crippen LogP contribution >= 0.6 is 0 Å². The fourth-order valence-corrected chi connectivity index (χ4v) is 1.15. The van der Waals surface area contributed by atoms with E-state index in [2.05, 4.69) is 28.1 Å². The molecule has 0 aliphatic heterocycles. The van der Waals surface area contributed by atoms with Crippen LogP contribution in [-0.4, -0.2) is 47.9 Å². The van der Waals surface area contributed by atoms with Crippen molar-refractivity contribution >= 4 is 29.9 Å². The molecule has 0 radical (unpaired) electrons. The van der Waals surface area contributed by atoms with Gasteiger partial charge in [-0.25, -0.2) is 9.98 Å².